The molecular weight excluding hydrogens is 268 g/mol. The molecule has 0 N–H and O–H groups in total. The van der Waals surface area contributed by atoms with E-state index in [0.29, 0.717) is 0 Å². The van der Waals surface area contributed by atoms with Crippen LogP contribution in [-0.2, 0) is 9.68 Å². The molecule has 0 radical (unpaired) electrons. The smallest absolute Gasteiger partial charge is 0.129 e. The molecule has 1 aliphatic carbocycles. The van der Waals surface area contributed by atoms with Crippen molar-refractivity contribution in [2.24, 2.45) is 10.3 Å². The van der Waals surface area contributed by atoms with Crippen molar-refractivity contribution in [3.63, 3.8) is 0 Å². The van der Waals surface area contributed by atoms with Gasteiger partial charge in [0.15, 0.2) is 0 Å². The molecule has 0 spiro atoms. The monoisotopic (exact) mass is 278 g/mol. The van der Waals surface area contributed by atoms with Gasteiger partial charge in [-0.15, -0.1) is 22.7 Å². The largest absolute Gasteiger partial charge is 0.399 e. The third kappa shape index (κ3) is 1.57. The molecular formula is C12H10N2O2S2. The minimum absolute atomic E-state index is 0.869. The molecule has 0 saturated carbocycles. The summed E-state index contributed by atoms with van der Waals surface area (Å²) in [7, 11) is 3.12. The van der Waals surface area contributed by atoms with Gasteiger partial charge in [-0.3, -0.25) is 0 Å². The van der Waals surface area contributed by atoms with Crippen LogP contribution in [0.5, 0.6) is 0 Å². The van der Waals surface area contributed by atoms with Gasteiger partial charge in [-0.25, -0.2) is 0 Å². The predicted octanol–water partition coefficient (Wildman–Crippen LogP) is 2.92. The average Bonchev–Trinajstić information content (AvgIpc) is 3.01. The lowest BCUT2D eigenvalue weighted by Gasteiger charge is -2.15. The van der Waals surface area contributed by atoms with Gasteiger partial charge in [0.2, 0.25) is 0 Å². The van der Waals surface area contributed by atoms with Crippen LogP contribution in [0.25, 0.3) is 0 Å². The first kappa shape index (κ1) is 11.4. The number of nitrogens with zero attached hydrogens (tertiary/aromatic N) is 2. The second kappa shape index (κ2) is 4.55. The van der Waals surface area contributed by atoms with Gasteiger partial charge in [0.1, 0.15) is 25.6 Å². The van der Waals surface area contributed by atoms with Crippen molar-refractivity contribution in [2.75, 3.05) is 14.2 Å². The molecule has 92 valence electrons. The topological polar surface area (TPSA) is 43.2 Å². The van der Waals surface area contributed by atoms with Crippen molar-refractivity contribution < 1.29 is 9.68 Å². The summed E-state index contributed by atoms with van der Waals surface area (Å²) < 4.78 is 0. The van der Waals surface area contributed by atoms with Gasteiger partial charge in [0, 0.05) is 11.1 Å². The molecule has 0 aromatic carbocycles. The molecule has 2 aromatic heterocycles. The van der Waals surface area contributed by atoms with Crippen LogP contribution in [0.1, 0.15) is 20.9 Å². The quantitative estimate of drug-likeness (QED) is 0.676. The third-order valence-corrected chi connectivity index (χ3v) is 4.48. The summed E-state index contributed by atoms with van der Waals surface area (Å²) in [6.45, 7) is 0. The highest BCUT2D eigenvalue weighted by atomic mass is 32.1. The minimum atomic E-state index is 0.869. The fourth-order valence-electron chi connectivity index (χ4n) is 1.97. The number of hydrogen-bond acceptors (Lipinski definition) is 6. The zero-order valence-electron chi connectivity index (χ0n) is 9.84. The van der Waals surface area contributed by atoms with Crippen LogP contribution in [0.15, 0.2) is 33.2 Å². The van der Waals surface area contributed by atoms with Crippen LogP contribution in [0, 0.1) is 0 Å². The van der Waals surface area contributed by atoms with E-state index in [0.717, 1.165) is 32.3 Å². The fraction of sp³-hybridized carbons (Fsp3) is 0.167. The van der Waals surface area contributed by atoms with E-state index in [4.69, 9.17) is 9.68 Å². The highest BCUT2D eigenvalue weighted by molar-refractivity contribution is 7.15. The summed E-state index contributed by atoms with van der Waals surface area (Å²) in [4.78, 5) is 12.1. The van der Waals surface area contributed by atoms with Crippen molar-refractivity contribution in [3.05, 3.63) is 43.8 Å². The zero-order chi connectivity index (χ0) is 12.5. The van der Waals surface area contributed by atoms with Crippen molar-refractivity contribution in [1.82, 2.24) is 0 Å². The van der Waals surface area contributed by atoms with Crippen LogP contribution < -0.4 is 0 Å². The van der Waals surface area contributed by atoms with E-state index in [1.54, 1.807) is 36.9 Å². The van der Waals surface area contributed by atoms with E-state index < -0.39 is 0 Å². The first-order valence-electron chi connectivity index (χ1n) is 5.25. The van der Waals surface area contributed by atoms with Crippen LogP contribution in [0.4, 0.5) is 0 Å². The molecule has 2 aromatic rings. The molecule has 18 heavy (non-hydrogen) atoms. The maximum absolute atomic E-state index is 4.96. The summed E-state index contributed by atoms with van der Waals surface area (Å²) in [5.74, 6) is 0. The maximum atomic E-state index is 4.96. The van der Waals surface area contributed by atoms with Gasteiger partial charge in [-0.05, 0) is 22.9 Å². The Labute approximate surface area is 112 Å². The standard InChI is InChI=1S/C12H10N2O2S2/c1-15-13-9-7-3-5-18-12(7)10(14-16-2)8-4-6-17-11(8)9/h3-6H,1-2H3/b13-9-,14-10-. The van der Waals surface area contributed by atoms with E-state index in [1.807, 2.05) is 22.9 Å². The molecule has 0 unspecified atom stereocenters. The lowest BCUT2D eigenvalue weighted by Crippen LogP contribution is -2.18. The van der Waals surface area contributed by atoms with E-state index in [2.05, 4.69) is 10.3 Å². The van der Waals surface area contributed by atoms with E-state index in [9.17, 15) is 0 Å². The van der Waals surface area contributed by atoms with Crippen LogP contribution in [0.2, 0.25) is 0 Å². The van der Waals surface area contributed by atoms with Gasteiger partial charge in [0.25, 0.3) is 0 Å². The zero-order valence-corrected chi connectivity index (χ0v) is 11.5. The van der Waals surface area contributed by atoms with E-state index in [-0.39, 0.29) is 0 Å². The summed E-state index contributed by atoms with van der Waals surface area (Å²) in [5, 5.41) is 12.3. The van der Waals surface area contributed by atoms with Crippen LogP contribution >= 0.6 is 22.7 Å². The van der Waals surface area contributed by atoms with Gasteiger partial charge >= 0.3 is 0 Å². The molecule has 0 aliphatic heterocycles. The summed E-state index contributed by atoms with van der Waals surface area (Å²) in [5.41, 5.74) is 3.84. The molecule has 0 fully saturated rings. The first-order valence-corrected chi connectivity index (χ1v) is 7.01. The average molecular weight is 278 g/mol. The second-order valence-electron chi connectivity index (χ2n) is 3.57. The molecule has 0 bridgehead atoms. The molecule has 4 nitrogen and oxygen atoms in total. The highest BCUT2D eigenvalue weighted by Crippen LogP contribution is 2.34. The molecule has 0 amide bonds. The Hall–Kier alpha value is -1.66. The van der Waals surface area contributed by atoms with E-state index >= 15 is 0 Å². The molecule has 0 atom stereocenters. The number of rotatable bonds is 2. The molecule has 1 aliphatic rings. The molecule has 6 heteroatoms. The Balaban J connectivity index is 2.29. The normalized spacial score (nSPS) is 17.7. The summed E-state index contributed by atoms with van der Waals surface area (Å²) in [6, 6.07) is 4.07. The molecule has 3 rings (SSSR count). The molecule has 0 saturated heterocycles. The maximum Gasteiger partial charge on any atom is 0.129 e. The second-order valence-corrected chi connectivity index (χ2v) is 5.40. The van der Waals surface area contributed by atoms with Crippen molar-refractivity contribution in [2.45, 2.75) is 0 Å². The Kier molecular flexibility index (Phi) is 2.89. The van der Waals surface area contributed by atoms with Gasteiger partial charge in [-0.2, -0.15) is 0 Å². The fourth-order valence-corrected chi connectivity index (χ4v) is 3.75. The number of fused-ring (bicyclic) bond motifs is 2. The van der Waals surface area contributed by atoms with Crippen molar-refractivity contribution in [1.29, 1.82) is 0 Å². The van der Waals surface area contributed by atoms with Crippen LogP contribution in [-0.4, -0.2) is 25.6 Å². The summed E-state index contributed by atoms with van der Waals surface area (Å²) in [6.07, 6.45) is 0. The molecule has 2 heterocycles. The summed E-state index contributed by atoms with van der Waals surface area (Å²) >= 11 is 3.25. The van der Waals surface area contributed by atoms with E-state index in [1.165, 1.54) is 0 Å². The Morgan fingerprint density at radius 1 is 0.833 bits per heavy atom. The predicted molar refractivity (Wildman–Crippen MR) is 73.9 cm³/mol. The number of hydrogen-bond donors (Lipinski definition) is 0. The van der Waals surface area contributed by atoms with Gasteiger partial charge < -0.3 is 9.68 Å². The van der Waals surface area contributed by atoms with Crippen molar-refractivity contribution >= 4 is 34.1 Å². The Morgan fingerprint density at radius 3 is 1.67 bits per heavy atom. The Morgan fingerprint density at radius 2 is 1.28 bits per heavy atom. The Bertz CT molecular complexity index is 543. The van der Waals surface area contributed by atoms with Crippen molar-refractivity contribution in [3.8, 4) is 0 Å². The van der Waals surface area contributed by atoms with Gasteiger partial charge in [0.05, 0.1) is 9.75 Å². The van der Waals surface area contributed by atoms with Gasteiger partial charge in [-0.1, -0.05) is 10.3 Å². The lowest BCUT2D eigenvalue weighted by atomic mass is 9.95. The SMILES string of the molecule is CO/N=C1/c2ccsc2/C(=N\OC)c2ccsc21. The first-order chi connectivity index (χ1) is 8.86. The number of oxime groups is 2. The minimum Gasteiger partial charge on any atom is -0.399 e. The number of thiophene rings is 2. The van der Waals surface area contributed by atoms with Crippen LogP contribution in [0.3, 0.4) is 0 Å². The third-order valence-electron chi connectivity index (χ3n) is 2.64. The lowest BCUT2D eigenvalue weighted by molar-refractivity contribution is 0.213. The highest BCUT2D eigenvalue weighted by Gasteiger charge is 2.30.